The van der Waals surface area contributed by atoms with Crippen molar-refractivity contribution in [1.29, 1.82) is 0 Å². The van der Waals surface area contributed by atoms with Crippen LogP contribution in [-0.2, 0) is 0 Å². The second kappa shape index (κ2) is 8.69. The molecule has 0 N–H and O–H groups in total. The van der Waals surface area contributed by atoms with E-state index >= 15 is 4.39 Å². The molecule has 146 valence electrons. The molecule has 0 atom stereocenters. The van der Waals surface area contributed by atoms with Gasteiger partial charge in [-0.1, -0.05) is 24.8 Å². The maximum absolute atomic E-state index is 15.3. The lowest BCUT2D eigenvalue weighted by atomic mass is 9.98. The highest BCUT2D eigenvalue weighted by Crippen LogP contribution is 2.39. The fourth-order valence-corrected chi connectivity index (χ4v) is 2.90. The molecular formula is C22H19F3O3. The summed E-state index contributed by atoms with van der Waals surface area (Å²) in [5.74, 6) is 0.195. The zero-order valence-electron chi connectivity index (χ0n) is 15.3. The van der Waals surface area contributed by atoms with Crippen LogP contribution in [-0.4, -0.2) is 19.8 Å². The minimum Gasteiger partial charge on any atom is -0.494 e. The summed E-state index contributed by atoms with van der Waals surface area (Å²) in [6.45, 7) is 3.07. The number of halogens is 3. The van der Waals surface area contributed by atoms with Gasteiger partial charge in [0.15, 0.2) is 0 Å². The Morgan fingerprint density at radius 2 is 1.71 bits per heavy atom. The first kappa shape index (κ1) is 19.6. The summed E-state index contributed by atoms with van der Waals surface area (Å²) in [5.41, 5.74) is 0.363. The van der Waals surface area contributed by atoms with Gasteiger partial charge in [0, 0.05) is 5.39 Å². The van der Waals surface area contributed by atoms with Gasteiger partial charge in [0.1, 0.15) is 29.7 Å². The summed E-state index contributed by atoms with van der Waals surface area (Å²) in [7, 11) is 0. The molecule has 0 aliphatic heterocycles. The minimum absolute atomic E-state index is 0.0350. The van der Waals surface area contributed by atoms with Crippen molar-refractivity contribution in [2.45, 2.75) is 13.5 Å². The van der Waals surface area contributed by atoms with E-state index in [9.17, 15) is 8.78 Å². The third-order valence-corrected chi connectivity index (χ3v) is 4.05. The highest BCUT2D eigenvalue weighted by atomic mass is 19.3. The van der Waals surface area contributed by atoms with Crippen LogP contribution in [0.3, 0.4) is 0 Å². The van der Waals surface area contributed by atoms with Crippen molar-refractivity contribution in [3.05, 3.63) is 67.0 Å². The molecule has 3 aromatic rings. The van der Waals surface area contributed by atoms with Crippen molar-refractivity contribution in [3.8, 4) is 28.4 Å². The van der Waals surface area contributed by atoms with Crippen molar-refractivity contribution < 1.29 is 27.4 Å². The van der Waals surface area contributed by atoms with Crippen molar-refractivity contribution in [2.24, 2.45) is 0 Å². The largest absolute Gasteiger partial charge is 0.494 e. The first-order chi connectivity index (χ1) is 13.5. The van der Waals surface area contributed by atoms with Gasteiger partial charge >= 0.3 is 6.61 Å². The molecule has 0 aromatic heterocycles. The predicted molar refractivity (Wildman–Crippen MR) is 103 cm³/mol. The third-order valence-electron chi connectivity index (χ3n) is 4.05. The quantitative estimate of drug-likeness (QED) is 0.429. The van der Waals surface area contributed by atoms with E-state index in [2.05, 4.69) is 11.3 Å². The van der Waals surface area contributed by atoms with Gasteiger partial charge in [-0.25, -0.2) is 4.39 Å². The molecule has 0 bridgehead atoms. The van der Waals surface area contributed by atoms with Crippen LogP contribution in [0.4, 0.5) is 13.2 Å². The standard InChI is InChI=1S/C22H19F3O3/c1-3-11-27-16-7-5-14(6-8-16)20-19(28-22(24)25)13-15-12-17(26-4-2)9-10-18(15)21(20)23/h3,5-10,12-13,22H,1,4,11H2,2H3. The Morgan fingerprint density at radius 1 is 1.00 bits per heavy atom. The van der Waals surface area contributed by atoms with Gasteiger partial charge in [-0.05, 0) is 54.3 Å². The summed E-state index contributed by atoms with van der Waals surface area (Å²) >= 11 is 0. The smallest absolute Gasteiger partial charge is 0.387 e. The molecule has 0 saturated heterocycles. The van der Waals surface area contributed by atoms with E-state index in [-0.39, 0.29) is 16.7 Å². The predicted octanol–water partition coefficient (Wildman–Crippen LogP) is 6.21. The lowest BCUT2D eigenvalue weighted by Gasteiger charge is -2.15. The molecule has 28 heavy (non-hydrogen) atoms. The summed E-state index contributed by atoms with van der Waals surface area (Å²) in [6.07, 6.45) is 1.60. The number of ether oxygens (including phenoxy) is 3. The summed E-state index contributed by atoms with van der Waals surface area (Å²) in [5, 5.41) is 0.695. The average molecular weight is 388 g/mol. The van der Waals surface area contributed by atoms with E-state index in [0.717, 1.165) is 0 Å². The summed E-state index contributed by atoms with van der Waals surface area (Å²) < 4.78 is 56.6. The van der Waals surface area contributed by atoms with Crippen LogP contribution in [0.1, 0.15) is 6.92 Å². The molecule has 0 radical (unpaired) electrons. The third kappa shape index (κ3) is 4.22. The second-order valence-corrected chi connectivity index (χ2v) is 5.88. The maximum Gasteiger partial charge on any atom is 0.387 e. The monoisotopic (exact) mass is 388 g/mol. The molecule has 0 aliphatic rings. The van der Waals surface area contributed by atoms with Crippen LogP contribution in [0.25, 0.3) is 21.9 Å². The number of rotatable bonds is 8. The van der Waals surface area contributed by atoms with E-state index in [1.807, 2.05) is 6.92 Å². The summed E-state index contributed by atoms with van der Waals surface area (Å²) in [6, 6.07) is 12.6. The normalized spacial score (nSPS) is 10.9. The first-order valence-corrected chi connectivity index (χ1v) is 8.71. The SMILES string of the molecule is C=CCOc1ccc(-c2c(OC(F)F)cc3cc(OCC)ccc3c2F)cc1. The molecular weight excluding hydrogens is 369 g/mol. The Bertz CT molecular complexity index is 969. The van der Waals surface area contributed by atoms with Gasteiger partial charge in [0.05, 0.1) is 12.2 Å². The number of benzene rings is 3. The zero-order valence-corrected chi connectivity index (χ0v) is 15.3. The van der Waals surface area contributed by atoms with Gasteiger partial charge in [-0.15, -0.1) is 0 Å². The van der Waals surface area contributed by atoms with Crippen molar-refractivity contribution >= 4 is 10.8 Å². The second-order valence-electron chi connectivity index (χ2n) is 5.88. The molecule has 0 saturated carbocycles. The molecule has 0 fully saturated rings. The zero-order chi connectivity index (χ0) is 20.1. The minimum atomic E-state index is -3.08. The Labute approximate surface area is 161 Å². The van der Waals surface area contributed by atoms with Crippen molar-refractivity contribution in [2.75, 3.05) is 13.2 Å². The van der Waals surface area contributed by atoms with E-state index in [0.29, 0.717) is 35.7 Å². The Morgan fingerprint density at radius 3 is 2.36 bits per heavy atom. The fourth-order valence-electron chi connectivity index (χ4n) is 2.90. The molecule has 6 heteroatoms. The van der Waals surface area contributed by atoms with Crippen LogP contribution in [0.5, 0.6) is 17.2 Å². The molecule has 3 rings (SSSR count). The lowest BCUT2D eigenvalue weighted by Crippen LogP contribution is -2.05. The Hall–Kier alpha value is -3.15. The van der Waals surface area contributed by atoms with Crippen LogP contribution in [0.15, 0.2) is 61.2 Å². The van der Waals surface area contributed by atoms with Gasteiger partial charge < -0.3 is 14.2 Å². The van der Waals surface area contributed by atoms with Gasteiger partial charge in [-0.2, -0.15) is 8.78 Å². The van der Waals surface area contributed by atoms with Crippen LogP contribution in [0.2, 0.25) is 0 Å². The van der Waals surface area contributed by atoms with Crippen molar-refractivity contribution in [3.63, 3.8) is 0 Å². The topological polar surface area (TPSA) is 27.7 Å². The van der Waals surface area contributed by atoms with Crippen LogP contribution in [0, 0.1) is 5.82 Å². The van der Waals surface area contributed by atoms with Crippen molar-refractivity contribution in [1.82, 2.24) is 0 Å². The molecule has 0 spiro atoms. The number of fused-ring (bicyclic) bond motifs is 1. The number of alkyl halides is 2. The number of hydrogen-bond donors (Lipinski definition) is 0. The molecule has 0 amide bonds. The van der Waals surface area contributed by atoms with E-state index in [1.54, 1.807) is 48.5 Å². The molecule has 3 nitrogen and oxygen atoms in total. The van der Waals surface area contributed by atoms with E-state index in [4.69, 9.17) is 9.47 Å². The van der Waals surface area contributed by atoms with Crippen LogP contribution < -0.4 is 14.2 Å². The lowest BCUT2D eigenvalue weighted by molar-refractivity contribution is -0.0494. The highest BCUT2D eigenvalue weighted by Gasteiger charge is 2.19. The molecule has 0 unspecified atom stereocenters. The van der Waals surface area contributed by atoms with Gasteiger partial charge in [-0.3, -0.25) is 0 Å². The van der Waals surface area contributed by atoms with Gasteiger partial charge in [0.2, 0.25) is 0 Å². The molecule has 3 aromatic carbocycles. The summed E-state index contributed by atoms with van der Waals surface area (Å²) in [4.78, 5) is 0. The fraction of sp³-hybridized carbons (Fsp3) is 0.182. The number of hydrogen-bond acceptors (Lipinski definition) is 3. The Balaban J connectivity index is 2.12. The maximum atomic E-state index is 15.3. The first-order valence-electron chi connectivity index (χ1n) is 8.71. The molecule has 0 heterocycles. The van der Waals surface area contributed by atoms with Crippen LogP contribution >= 0.6 is 0 Å². The van der Waals surface area contributed by atoms with E-state index in [1.165, 1.54) is 6.07 Å². The molecule has 0 aliphatic carbocycles. The average Bonchev–Trinajstić information content (AvgIpc) is 2.67. The van der Waals surface area contributed by atoms with E-state index < -0.39 is 12.4 Å². The Kier molecular flexibility index (Phi) is 6.09. The van der Waals surface area contributed by atoms with Gasteiger partial charge in [0.25, 0.3) is 0 Å². The highest BCUT2D eigenvalue weighted by molar-refractivity contribution is 5.92.